The second kappa shape index (κ2) is 5.93. The molecular formula is C14H20N2O3S. The number of aryl methyl sites for hydroxylation is 1. The van der Waals surface area contributed by atoms with Gasteiger partial charge in [0.05, 0.1) is 12.8 Å². The zero-order valence-electron chi connectivity index (χ0n) is 11.8. The molecule has 0 aliphatic heterocycles. The molecule has 0 atom stereocenters. The van der Waals surface area contributed by atoms with Crippen LogP contribution >= 0.6 is 0 Å². The Bertz CT molecular complexity index is 594. The highest BCUT2D eigenvalue weighted by molar-refractivity contribution is 7.88. The summed E-state index contributed by atoms with van der Waals surface area (Å²) in [6.07, 6.45) is 3.11. The van der Waals surface area contributed by atoms with Crippen LogP contribution in [0.1, 0.15) is 24.0 Å². The summed E-state index contributed by atoms with van der Waals surface area (Å²) in [5.74, 6) is -0.230. The summed E-state index contributed by atoms with van der Waals surface area (Å²) >= 11 is 0. The van der Waals surface area contributed by atoms with E-state index in [0.717, 1.165) is 30.2 Å². The predicted molar refractivity (Wildman–Crippen MR) is 77.6 cm³/mol. The first-order valence-corrected chi connectivity index (χ1v) is 8.50. The predicted octanol–water partition coefficient (Wildman–Crippen LogP) is 1.04. The van der Waals surface area contributed by atoms with Gasteiger partial charge >= 0.3 is 0 Å². The Balaban J connectivity index is 2.07. The quantitative estimate of drug-likeness (QED) is 0.853. The lowest BCUT2D eigenvalue weighted by Crippen LogP contribution is -2.40. The Morgan fingerprint density at radius 3 is 2.55 bits per heavy atom. The Hall–Kier alpha value is -1.40. The van der Waals surface area contributed by atoms with Crippen molar-refractivity contribution in [3.63, 3.8) is 0 Å². The zero-order valence-corrected chi connectivity index (χ0v) is 12.6. The molecule has 1 aliphatic carbocycles. The molecule has 1 aromatic rings. The summed E-state index contributed by atoms with van der Waals surface area (Å²) in [5, 5.41) is 2.81. The number of nitrogens with one attached hydrogen (secondary N) is 1. The van der Waals surface area contributed by atoms with E-state index in [4.69, 9.17) is 0 Å². The lowest BCUT2D eigenvalue weighted by atomic mass is 10.1. The van der Waals surface area contributed by atoms with Crippen molar-refractivity contribution in [2.75, 3.05) is 12.8 Å². The Labute approximate surface area is 120 Å². The molecule has 6 heteroatoms. The fourth-order valence-corrected chi connectivity index (χ4v) is 2.65. The van der Waals surface area contributed by atoms with Crippen molar-refractivity contribution < 1.29 is 13.2 Å². The average Bonchev–Trinajstić information content (AvgIpc) is 3.13. The molecule has 0 spiro atoms. The maximum atomic E-state index is 11.8. The van der Waals surface area contributed by atoms with Crippen LogP contribution in [0.4, 0.5) is 0 Å². The first-order valence-electron chi connectivity index (χ1n) is 6.65. The van der Waals surface area contributed by atoms with Gasteiger partial charge in [-0.1, -0.05) is 24.3 Å². The second-order valence-electron chi connectivity index (χ2n) is 5.30. The molecule has 20 heavy (non-hydrogen) atoms. The number of benzene rings is 1. The van der Waals surface area contributed by atoms with E-state index in [1.165, 1.54) is 4.31 Å². The topological polar surface area (TPSA) is 66.5 Å². The van der Waals surface area contributed by atoms with E-state index >= 15 is 0 Å². The Morgan fingerprint density at radius 1 is 1.35 bits per heavy atom. The molecular weight excluding hydrogens is 276 g/mol. The third-order valence-electron chi connectivity index (χ3n) is 3.34. The van der Waals surface area contributed by atoms with E-state index < -0.39 is 10.0 Å². The average molecular weight is 296 g/mol. The minimum absolute atomic E-state index is 0.121. The van der Waals surface area contributed by atoms with Crippen LogP contribution in [-0.2, 0) is 21.4 Å². The number of sulfonamides is 1. The van der Waals surface area contributed by atoms with Crippen LogP contribution in [0.15, 0.2) is 24.3 Å². The first-order chi connectivity index (χ1) is 9.36. The van der Waals surface area contributed by atoms with Gasteiger partial charge in [0.25, 0.3) is 0 Å². The summed E-state index contributed by atoms with van der Waals surface area (Å²) in [6.45, 7) is 2.04. The van der Waals surface area contributed by atoms with Crippen LogP contribution in [0.25, 0.3) is 0 Å². The third-order valence-corrected chi connectivity index (χ3v) is 4.54. The first kappa shape index (κ1) is 15.0. The van der Waals surface area contributed by atoms with Crippen LogP contribution in [0.5, 0.6) is 0 Å². The summed E-state index contributed by atoms with van der Waals surface area (Å²) in [6, 6.07) is 7.82. The molecule has 1 aromatic carbocycles. The van der Waals surface area contributed by atoms with Crippen molar-refractivity contribution in [3.05, 3.63) is 35.4 Å². The molecule has 5 nitrogen and oxygen atoms in total. The van der Waals surface area contributed by atoms with E-state index in [1.54, 1.807) is 0 Å². The number of rotatable bonds is 6. The van der Waals surface area contributed by atoms with E-state index in [9.17, 15) is 13.2 Å². The Morgan fingerprint density at radius 2 is 2.00 bits per heavy atom. The van der Waals surface area contributed by atoms with Gasteiger partial charge < -0.3 is 5.32 Å². The standard InChI is InChI=1S/C14H20N2O3S/c1-11-5-3-4-6-12(11)9-16(20(2,18)19)10-14(17)15-13-7-8-13/h3-6,13H,7-10H2,1-2H3,(H,15,17). The fraction of sp³-hybridized carbons (Fsp3) is 0.500. The van der Waals surface area contributed by atoms with Gasteiger partial charge in [0.15, 0.2) is 0 Å². The van der Waals surface area contributed by atoms with Gasteiger partial charge in [0.1, 0.15) is 0 Å². The summed E-state index contributed by atoms with van der Waals surface area (Å²) in [4.78, 5) is 11.8. The smallest absolute Gasteiger partial charge is 0.235 e. The molecule has 1 aliphatic rings. The molecule has 0 unspecified atom stereocenters. The summed E-state index contributed by atoms with van der Waals surface area (Å²) in [5.41, 5.74) is 1.93. The van der Waals surface area contributed by atoms with Crippen LogP contribution in [-0.4, -0.2) is 37.5 Å². The number of carbonyl (C=O) groups excluding carboxylic acids is 1. The van der Waals surface area contributed by atoms with Gasteiger partial charge in [0.2, 0.25) is 15.9 Å². The van der Waals surface area contributed by atoms with Gasteiger partial charge in [-0.2, -0.15) is 4.31 Å². The van der Waals surface area contributed by atoms with Crippen molar-refractivity contribution in [2.24, 2.45) is 0 Å². The highest BCUT2D eigenvalue weighted by atomic mass is 32.2. The van der Waals surface area contributed by atoms with E-state index in [2.05, 4.69) is 5.32 Å². The lowest BCUT2D eigenvalue weighted by Gasteiger charge is -2.20. The molecule has 0 saturated heterocycles. The van der Waals surface area contributed by atoms with Crippen LogP contribution in [0.2, 0.25) is 0 Å². The summed E-state index contributed by atoms with van der Waals surface area (Å²) in [7, 11) is -3.42. The van der Waals surface area contributed by atoms with Gasteiger partial charge in [-0.25, -0.2) is 8.42 Å². The monoisotopic (exact) mass is 296 g/mol. The minimum atomic E-state index is -3.42. The SMILES string of the molecule is Cc1ccccc1CN(CC(=O)NC1CC1)S(C)(=O)=O. The van der Waals surface area contributed by atoms with Crippen molar-refractivity contribution >= 4 is 15.9 Å². The van der Waals surface area contributed by atoms with E-state index in [0.29, 0.717) is 0 Å². The van der Waals surface area contributed by atoms with Crippen LogP contribution in [0, 0.1) is 6.92 Å². The van der Waals surface area contributed by atoms with Crippen LogP contribution in [0.3, 0.4) is 0 Å². The van der Waals surface area contributed by atoms with Crippen molar-refractivity contribution in [3.8, 4) is 0 Å². The molecule has 2 rings (SSSR count). The molecule has 0 aromatic heterocycles. The molecule has 1 fully saturated rings. The molecule has 0 heterocycles. The number of amides is 1. The molecule has 0 radical (unpaired) electrons. The number of hydrogen-bond acceptors (Lipinski definition) is 3. The minimum Gasteiger partial charge on any atom is -0.352 e. The number of hydrogen-bond donors (Lipinski definition) is 1. The molecule has 1 N–H and O–H groups in total. The van der Waals surface area contributed by atoms with Gasteiger partial charge in [0, 0.05) is 12.6 Å². The number of carbonyl (C=O) groups is 1. The van der Waals surface area contributed by atoms with Gasteiger partial charge in [-0.15, -0.1) is 0 Å². The van der Waals surface area contributed by atoms with Gasteiger partial charge in [-0.3, -0.25) is 4.79 Å². The van der Waals surface area contributed by atoms with E-state index in [-0.39, 0.29) is 25.0 Å². The molecule has 1 amide bonds. The van der Waals surface area contributed by atoms with Crippen LogP contribution < -0.4 is 5.32 Å². The van der Waals surface area contributed by atoms with Crippen molar-refractivity contribution in [1.82, 2.24) is 9.62 Å². The largest absolute Gasteiger partial charge is 0.352 e. The van der Waals surface area contributed by atoms with E-state index in [1.807, 2.05) is 31.2 Å². The molecule has 1 saturated carbocycles. The third kappa shape index (κ3) is 4.31. The molecule has 0 bridgehead atoms. The Kier molecular flexibility index (Phi) is 4.45. The van der Waals surface area contributed by atoms with Crippen molar-refractivity contribution in [2.45, 2.75) is 32.4 Å². The normalized spacial score (nSPS) is 15.3. The highest BCUT2D eigenvalue weighted by Crippen LogP contribution is 2.19. The van der Waals surface area contributed by atoms with Gasteiger partial charge in [-0.05, 0) is 30.9 Å². The zero-order chi connectivity index (χ0) is 14.8. The van der Waals surface area contributed by atoms with Crippen molar-refractivity contribution in [1.29, 1.82) is 0 Å². The highest BCUT2D eigenvalue weighted by Gasteiger charge is 2.26. The maximum Gasteiger partial charge on any atom is 0.235 e. The lowest BCUT2D eigenvalue weighted by molar-refractivity contribution is -0.121. The maximum absolute atomic E-state index is 11.8. The second-order valence-corrected chi connectivity index (χ2v) is 7.28. The molecule has 110 valence electrons. The fourth-order valence-electron chi connectivity index (χ4n) is 1.93. The number of nitrogens with zero attached hydrogens (tertiary/aromatic N) is 1. The summed E-state index contributed by atoms with van der Waals surface area (Å²) < 4.78 is 24.9.